The lowest BCUT2D eigenvalue weighted by molar-refractivity contribution is -0.138. The van der Waals surface area contributed by atoms with Crippen LogP contribution in [0.15, 0.2) is 60.8 Å². The first kappa shape index (κ1) is 22.7. The van der Waals surface area contributed by atoms with Gasteiger partial charge in [0.25, 0.3) is 0 Å². The Bertz CT molecular complexity index is 1080. The van der Waals surface area contributed by atoms with Crippen LogP contribution in [0.1, 0.15) is 37.7 Å². The van der Waals surface area contributed by atoms with Crippen LogP contribution < -0.4 is 4.74 Å². The molecule has 6 nitrogen and oxygen atoms in total. The summed E-state index contributed by atoms with van der Waals surface area (Å²) in [5.74, 6) is 1.41. The first-order valence-corrected chi connectivity index (χ1v) is 12.5. The van der Waals surface area contributed by atoms with Gasteiger partial charge in [-0.25, -0.2) is 4.68 Å². The largest absolute Gasteiger partial charge is 0.497 e. The molecule has 1 amide bonds. The number of amides is 1. The molecule has 5 rings (SSSR count). The van der Waals surface area contributed by atoms with E-state index in [0.29, 0.717) is 5.91 Å². The predicted molar refractivity (Wildman–Crippen MR) is 134 cm³/mol. The molecule has 1 aromatic heterocycles. The van der Waals surface area contributed by atoms with Crippen LogP contribution in [0.25, 0.3) is 16.9 Å². The summed E-state index contributed by atoms with van der Waals surface area (Å²) in [6.45, 7) is 4.62. The maximum atomic E-state index is 13.0. The van der Waals surface area contributed by atoms with Crippen LogP contribution in [-0.2, 0) is 11.3 Å². The van der Waals surface area contributed by atoms with E-state index < -0.39 is 0 Å². The lowest BCUT2D eigenvalue weighted by Gasteiger charge is -2.35. The Morgan fingerprint density at radius 3 is 2.32 bits per heavy atom. The van der Waals surface area contributed by atoms with E-state index in [1.165, 1.54) is 12.0 Å². The van der Waals surface area contributed by atoms with Gasteiger partial charge in [-0.3, -0.25) is 9.69 Å². The number of carbonyl (C=O) groups is 1. The van der Waals surface area contributed by atoms with Crippen LogP contribution >= 0.6 is 0 Å². The molecule has 0 radical (unpaired) electrons. The Labute approximate surface area is 202 Å². The fourth-order valence-corrected chi connectivity index (χ4v) is 5.18. The summed E-state index contributed by atoms with van der Waals surface area (Å²) in [6.07, 6.45) is 7.61. The highest BCUT2D eigenvalue weighted by atomic mass is 16.5. The summed E-state index contributed by atoms with van der Waals surface area (Å²) < 4.78 is 7.31. The number of hydrogen-bond donors (Lipinski definition) is 0. The minimum atomic E-state index is 0.183. The monoisotopic (exact) mass is 458 g/mol. The second kappa shape index (κ2) is 10.4. The third kappa shape index (κ3) is 5.02. The molecule has 0 unspecified atom stereocenters. The van der Waals surface area contributed by atoms with Gasteiger partial charge in [-0.2, -0.15) is 5.10 Å². The molecule has 0 spiro atoms. The lowest BCUT2D eigenvalue weighted by atomic mass is 9.94. The van der Waals surface area contributed by atoms with Gasteiger partial charge in [-0.05, 0) is 81.6 Å². The zero-order chi connectivity index (χ0) is 23.3. The van der Waals surface area contributed by atoms with Crippen LogP contribution in [-0.4, -0.2) is 58.8 Å². The second-order valence-electron chi connectivity index (χ2n) is 9.45. The predicted octanol–water partition coefficient (Wildman–Crippen LogP) is 4.77. The Morgan fingerprint density at radius 1 is 0.941 bits per heavy atom. The molecule has 2 fully saturated rings. The van der Waals surface area contributed by atoms with Gasteiger partial charge in [-0.15, -0.1) is 0 Å². The van der Waals surface area contributed by atoms with Gasteiger partial charge in [-0.1, -0.05) is 18.2 Å². The number of carbonyl (C=O) groups excluding carboxylic acids is 1. The molecule has 3 heterocycles. The molecule has 6 heteroatoms. The molecule has 178 valence electrons. The number of rotatable bonds is 6. The van der Waals surface area contributed by atoms with Crippen molar-refractivity contribution in [2.24, 2.45) is 5.92 Å². The van der Waals surface area contributed by atoms with Crippen molar-refractivity contribution in [1.82, 2.24) is 19.6 Å². The third-order valence-electron chi connectivity index (χ3n) is 7.17. The molecule has 2 aliphatic rings. The van der Waals surface area contributed by atoms with Gasteiger partial charge in [0.15, 0.2) is 0 Å². The van der Waals surface area contributed by atoms with E-state index in [1.54, 1.807) is 7.11 Å². The topological polar surface area (TPSA) is 50.6 Å². The van der Waals surface area contributed by atoms with Crippen molar-refractivity contribution in [3.05, 3.63) is 66.4 Å². The number of para-hydroxylation sites is 1. The minimum absolute atomic E-state index is 0.183. The van der Waals surface area contributed by atoms with E-state index in [9.17, 15) is 4.79 Å². The Kier molecular flexibility index (Phi) is 6.95. The van der Waals surface area contributed by atoms with E-state index in [-0.39, 0.29) is 5.92 Å². The molecular formula is C28H34N4O2. The number of methoxy groups -OCH3 is 1. The average molecular weight is 459 g/mol. The fourth-order valence-electron chi connectivity index (χ4n) is 5.18. The third-order valence-corrected chi connectivity index (χ3v) is 7.17. The van der Waals surface area contributed by atoms with Crippen molar-refractivity contribution in [1.29, 1.82) is 0 Å². The first-order chi connectivity index (χ1) is 16.7. The van der Waals surface area contributed by atoms with Gasteiger partial charge in [0, 0.05) is 42.9 Å². The highest BCUT2D eigenvalue weighted by molar-refractivity contribution is 5.79. The summed E-state index contributed by atoms with van der Waals surface area (Å²) in [4.78, 5) is 17.5. The molecule has 0 aliphatic carbocycles. The molecular weight excluding hydrogens is 424 g/mol. The second-order valence-corrected chi connectivity index (χ2v) is 9.45. The van der Waals surface area contributed by atoms with Crippen LogP contribution in [0, 0.1) is 5.92 Å². The molecule has 0 saturated carbocycles. The molecule has 2 aromatic carbocycles. The van der Waals surface area contributed by atoms with Crippen LogP contribution in [0.2, 0.25) is 0 Å². The molecule has 3 aromatic rings. The van der Waals surface area contributed by atoms with Crippen LogP contribution in [0.4, 0.5) is 0 Å². The van der Waals surface area contributed by atoms with Crippen molar-refractivity contribution in [2.75, 3.05) is 33.3 Å². The van der Waals surface area contributed by atoms with Crippen LogP contribution in [0.3, 0.4) is 0 Å². The summed E-state index contributed by atoms with van der Waals surface area (Å²) in [5, 5.41) is 4.96. The number of nitrogens with zero attached hydrogens (tertiary/aromatic N) is 4. The molecule has 0 bridgehead atoms. The minimum Gasteiger partial charge on any atom is -0.497 e. The average Bonchev–Trinajstić information content (AvgIpc) is 3.33. The Morgan fingerprint density at radius 2 is 1.65 bits per heavy atom. The number of benzene rings is 2. The van der Waals surface area contributed by atoms with Crippen molar-refractivity contribution >= 4 is 5.91 Å². The number of hydrogen-bond acceptors (Lipinski definition) is 4. The molecule has 0 atom stereocenters. The standard InChI is InChI=1S/C28H34N4O2/c1-34-26-12-10-22(11-13-26)27-24(21-32(29-27)25-8-4-2-5-9-25)20-30-18-14-23(15-19-30)28(33)31-16-6-3-7-17-31/h2,4-5,8-13,21,23H,3,6-7,14-20H2,1H3. The molecule has 0 N–H and O–H groups in total. The van der Waals surface area contributed by atoms with Crippen molar-refractivity contribution in [3.63, 3.8) is 0 Å². The maximum absolute atomic E-state index is 13.0. The van der Waals surface area contributed by atoms with E-state index in [1.807, 2.05) is 35.0 Å². The van der Waals surface area contributed by atoms with E-state index in [0.717, 1.165) is 81.1 Å². The number of piperidine rings is 2. The van der Waals surface area contributed by atoms with Gasteiger partial charge in [0.05, 0.1) is 18.5 Å². The van der Waals surface area contributed by atoms with E-state index in [2.05, 4.69) is 40.3 Å². The quantitative estimate of drug-likeness (QED) is 0.534. The van der Waals surface area contributed by atoms with Gasteiger partial charge in [0.2, 0.25) is 5.91 Å². The summed E-state index contributed by atoms with van der Waals surface area (Å²) in [6, 6.07) is 18.4. The van der Waals surface area contributed by atoms with Gasteiger partial charge < -0.3 is 9.64 Å². The zero-order valence-corrected chi connectivity index (χ0v) is 20.0. The highest BCUT2D eigenvalue weighted by Gasteiger charge is 2.29. The van der Waals surface area contributed by atoms with Crippen LogP contribution in [0.5, 0.6) is 5.75 Å². The smallest absolute Gasteiger partial charge is 0.225 e. The van der Waals surface area contributed by atoms with Gasteiger partial charge >= 0.3 is 0 Å². The van der Waals surface area contributed by atoms with E-state index >= 15 is 0 Å². The lowest BCUT2D eigenvalue weighted by Crippen LogP contribution is -2.44. The summed E-state index contributed by atoms with van der Waals surface area (Å²) in [7, 11) is 1.68. The maximum Gasteiger partial charge on any atom is 0.225 e. The first-order valence-electron chi connectivity index (χ1n) is 12.5. The summed E-state index contributed by atoms with van der Waals surface area (Å²) >= 11 is 0. The summed E-state index contributed by atoms with van der Waals surface area (Å²) in [5.41, 5.74) is 4.34. The molecule has 34 heavy (non-hydrogen) atoms. The van der Waals surface area contributed by atoms with Gasteiger partial charge in [0.1, 0.15) is 5.75 Å². The van der Waals surface area contributed by atoms with Crippen molar-refractivity contribution in [2.45, 2.75) is 38.6 Å². The number of aromatic nitrogens is 2. The Hall–Kier alpha value is -3.12. The van der Waals surface area contributed by atoms with Crippen molar-refractivity contribution in [3.8, 4) is 22.7 Å². The fraction of sp³-hybridized carbons (Fsp3) is 0.429. The number of ether oxygens (including phenoxy) is 1. The highest BCUT2D eigenvalue weighted by Crippen LogP contribution is 2.29. The Balaban J connectivity index is 1.31. The normalized spacial score (nSPS) is 17.6. The SMILES string of the molecule is COc1ccc(-c2nn(-c3ccccc3)cc2CN2CCC(C(=O)N3CCCCC3)CC2)cc1. The van der Waals surface area contributed by atoms with E-state index in [4.69, 9.17) is 9.84 Å². The molecule has 2 saturated heterocycles. The molecule has 2 aliphatic heterocycles. The van der Waals surface area contributed by atoms with Crippen molar-refractivity contribution < 1.29 is 9.53 Å². The zero-order valence-electron chi connectivity index (χ0n) is 20.0. The number of likely N-dealkylation sites (tertiary alicyclic amines) is 2.